The summed E-state index contributed by atoms with van der Waals surface area (Å²) >= 11 is 0. The van der Waals surface area contributed by atoms with Crippen LogP contribution in [0.2, 0.25) is 0 Å². The molecule has 4 nitrogen and oxygen atoms in total. The molecule has 2 aromatic rings. The van der Waals surface area contributed by atoms with Gasteiger partial charge in [0.05, 0.1) is 18.6 Å². The van der Waals surface area contributed by atoms with Crippen molar-refractivity contribution in [2.24, 2.45) is 5.92 Å². The average molecular weight is 440 g/mol. The number of aliphatic hydroxyl groups excluding tert-OH is 2. The van der Waals surface area contributed by atoms with Crippen molar-refractivity contribution in [3.8, 4) is 0 Å². The average Bonchev–Trinajstić information content (AvgIpc) is 2.66. The van der Waals surface area contributed by atoms with Crippen molar-refractivity contribution in [2.45, 2.75) is 38.9 Å². The molecule has 0 aromatic heterocycles. The number of carboxylic acid groups (broad SMARTS) is 1. The van der Waals surface area contributed by atoms with Crippen LogP contribution in [0.5, 0.6) is 0 Å². The van der Waals surface area contributed by atoms with Gasteiger partial charge < -0.3 is 15.3 Å². The second-order valence-electron chi connectivity index (χ2n) is 7.41. The van der Waals surface area contributed by atoms with Crippen LogP contribution in [-0.2, 0) is 4.79 Å². The Balaban J connectivity index is 0.00000480. The van der Waals surface area contributed by atoms with E-state index in [4.69, 9.17) is 5.11 Å². The standard InChI is InChI=1S/C24H26F2O4.Na.H/c1-15(2)22(12-11-20(27)13-21(28)14-23(29)30)24(16-3-7-18(25)8-4-16)17-5-9-19(26)10-6-17;;/h3-12,15,20-21,27-28H,13-14H2,1-2H3,(H,29,30);;/b12-11+;;. The second-order valence-corrected chi connectivity index (χ2v) is 7.41. The van der Waals surface area contributed by atoms with Crippen molar-refractivity contribution in [3.63, 3.8) is 0 Å². The molecule has 2 atom stereocenters. The van der Waals surface area contributed by atoms with E-state index >= 15 is 0 Å². The molecule has 0 radical (unpaired) electrons. The van der Waals surface area contributed by atoms with Crippen molar-refractivity contribution < 1.29 is 28.9 Å². The Hall–Kier alpha value is -1.83. The molecule has 31 heavy (non-hydrogen) atoms. The molecular formula is C24H27F2NaO4. The van der Waals surface area contributed by atoms with E-state index in [0.717, 1.165) is 22.3 Å². The monoisotopic (exact) mass is 440 g/mol. The molecule has 0 aliphatic rings. The molecule has 2 rings (SSSR count). The van der Waals surface area contributed by atoms with E-state index in [0.29, 0.717) is 0 Å². The predicted molar refractivity (Wildman–Crippen MR) is 119 cm³/mol. The third kappa shape index (κ3) is 8.67. The first-order chi connectivity index (χ1) is 14.2. The maximum atomic E-state index is 13.5. The van der Waals surface area contributed by atoms with Crippen molar-refractivity contribution in [3.05, 3.63) is 89.0 Å². The molecule has 3 N–H and O–H groups in total. The molecule has 7 heteroatoms. The van der Waals surface area contributed by atoms with Gasteiger partial charge in [-0.3, -0.25) is 4.79 Å². The van der Waals surface area contributed by atoms with Gasteiger partial charge in [0, 0.05) is 6.42 Å². The number of carbonyl (C=O) groups is 1. The van der Waals surface area contributed by atoms with E-state index < -0.39 is 24.6 Å². The summed E-state index contributed by atoms with van der Waals surface area (Å²) in [6.45, 7) is 3.91. The first-order valence-corrected chi connectivity index (χ1v) is 9.69. The van der Waals surface area contributed by atoms with Gasteiger partial charge in [-0.15, -0.1) is 0 Å². The van der Waals surface area contributed by atoms with Crippen LogP contribution in [0, 0.1) is 17.6 Å². The van der Waals surface area contributed by atoms with Crippen molar-refractivity contribution in [1.29, 1.82) is 0 Å². The van der Waals surface area contributed by atoms with Crippen molar-refractivity contribution in [1.82, 2.24) is 0 Å². The van der Waals surface area contributed by atoms with Gasteiger partial charge in [0.15, 0.2) is 0 Å². The van der Waals surface area contributed by atoms with E-state index in [2.05, 4.69) is 0 Å². The van der Waals surface area contributed by atoms with Gasteiger partial charge in [0.25, 0.3) is 0 Å². The molecule has 2 unspecified atom stereocenters. The maximum absolute atomic E-state index is 13.5. The Bertz CT molecular complexity index is 859. The fourth-order valence-corrected chi connectivity index (χ4v) is 3.15. The number of carboxylic acids is 1. The Labute approximate surface area is 203 Å². The quantitative estimate of drug-likeness (QED) is 0.408. The molecule has 0 fully saturated rings. The summed E-state index contributed by atoms with van der Waals surface area (Å²) in [5, 5.41) is 28.7. The number of hydrogen-bond donors (Lipinski definition) is 3. The first-order valence-electron chi connectivity index (χ1n) is 9.69. The molecule has 0 bridgehead atoms. The fraction of sp³-hybridized carbons (Fsp3) is 0.292. The molecule has 0 spiro atoms. The first kappa shape index (κ1) is 27.2. The number of benzene rings is 2. The third-order valence-electron chi connectivity index (χ3n) is 4.60. The minimum absolute atomic E-state index is 0. The Morgan fingerprint density at radius 2 is 1.39 bits per heavy atom. The Morgan fingerprint density at radius 3 is 1.77 bits per heavy atom. The van der Waals surface area contributed by atoms with E-state index in [1.165, 1.54) is 30.3 Å². The Morgan fingerprint density at radius 1 is 0.935 bits per heavy atom. The minimum atomic E-state index is -1.16. The molecule has 0 saturated heterocycles. The molecule has 162 valence electrons. The van der Waals surface area contributed by atoms with Crippen LogP contribution < -0.4 is 0 Å². The third-order valence-corrected chi connectivity index (χ3v) is 4.60. The summed E-state index contributed by atoms with van der Waals surface area (Å²) in [5.41, 5.74) is 3.05. The number of aliphatic hydroxyl groups is 2. The normalized spacial score (nSPS) is 13.0. The molecule has 0 saturated carbocycles. The number of halogens is 2. The summed E-state index contributed by atoms with van der Waals surface area (Å²) in [7, 11) is 0. The van der Waals surface area contributed by atoms with Crippen LogP contribution >= 0.6 is 0 Å². The Kier molecular flexibility index (Phi) is 11.3. The fourth-order valence-electron chi connectivity index (χ4n) is 3.15. The van der Waals surface area contributed by atoms with Gasteiger partial charge in [-0.05, 0) is 52.5 Å². The number of hydrogen-bond acceptors (Lipinski definition) is 3. The van der Waals surface area contributed by atoms with Crippen molar-refractivity contribution in [2.75, 3.05) is 0 Å². The number of aliphatic carboxylic acids is 1. The van der Waals surface area contributed by atoms with E-state index in [1.54, 1.807) is 30.3 Å². The predicted octanol–water partition coefficient (Wildman–Crippen LogP) is 3.92. The zero-order chi connectivity index (χ0) is 22.3. The second kappa shape index (κ2) is 12.9. The molecule has 0 amide bonds. The SMILES string of the molecule is CC(C)C(/C=C/C(O)CC(O)CC(=O)O)=C(c1ccc(F)cc1)c1ccc(F)cc1.[NaH]. The zero-order valence-electron chi connectivity index (χ0n) is 16.9. The van der Waals surface area contributed by atoms with Gasteiger partial charge >= 0.3 is 35.5 Å². The molecule has 0 aliphatic heterocycles. The van der Waals surface area contributed by atoms with E-state index in [1.807, 2.05) is 13.8 Å². The van der Waals surface area contributed by atoms with Gasteiger partial charge in [0.2, 0.25) is 0 Å². The summed E-state index contributed by atoms with van der Waals surface area (Å²) in [6.07, 6.45) is 0.432. The van der Waals surface area contributed by atoms with E-state index in [9.17, 15) is 23.8 Å². The molecule has 2 aromatic carbocycles. The molecule has 0 aliphatic carbocycles. The summed E-state index contributed by atoms with van der Waals surface area (Å²) < 4.78 is 26.9. The van der Waals surface area contributed by atoms with Crippen LogP contribution in [0.15, 0.2) is 66.3 Å². The van der Waals surface area contributed by atoms with Crippen LogP contribution in [0.1, 0.15) is 37.8 Å². The summed E-state index contributed by atoms with van der Waals surface area (Å²) in [6, 6.07) is 11.9. The van der Waals surface area contributed by atoms with Crippen LogP contribution in [0.25, 0.3) is 5.57 Å². The summed E-state index contributed by atoms with van der Waals surface area (Å²) in [4.78, 5) is 10.7. The van der Waals surface area contributed by atoms with Crippen LogP contribution in [0.3, 0.4) is 0 Å². The number of allylic oxidation sites excluding steroid dienone is 2. The van der Waals surface area contributed by atoms with Gasteiger partial charge in [-0.1, -0.05) is 50.3 Å². The topological polar surface area (TPSA) is 77.8 Å². The van der Waals surface area contributed by atoms with Crippen LogP contribution in [0.4, 0.5) is 8.78 Å². The van der Waals surface area contributed by atoms with Gasteiger partial charge in [-0.2, -0.15) is 0 Å². The zero-order valence-corrected chi connectivity index (χ0v) is 16.9. The molecular weight excluding hydrogens is 413 g/mol. The van der Waals surface area contributed by atoms with Gasteiger partial charge in [0.1, 0.15) is 11.6 Å². The van der Waals surface area contributed by atoms with Gasteiger partial charge in [-0.25, -0.2) is 8.78 Å². The number of rotatable bonds is 9. The van der Waals surface area contributed by atoms with Crippen LogP contribution in [-0.4, -0.2) is 63.1 Å². The molecule has 0 heterocycles. The summed E-state index contributed by atoms with van der Waals surface area (Å²) in [5.74, 6) is -1.89. The van der Waals surface area contributed by atoms with Crippen molar-refractivity contribution >= 4 is 41.1 Å². The van der Waals surface area contributed by atoms with E-state index in [-0.39, 0.29) is 53.5 Å².